The lowest BCUT2D eigenvalue weighted by atomic mass is 10.2. The smallest absolute Gasteiger partial charge is 0.263 e. The number of hydrogen-bond acceptors (Lipinski definition) is 6. The zero-order chi connectivity index (χ0) is 17.5. The number of hydrogen-bond donors (Lipinski definition) is 1. The summed E-state index contributed by atoms with van der Waals surface area (Å²) in [6, 6.07) is 17.3. The first-order valence-electron chi connectivity index (χ1n) is 7.54. The molecule has 1 N–H and O–H groups in total. The fourth-order valence-corrected chi connectivity index (χ4v) is 2.45. The van der Waals surface area contributed by atoms with Gasteiger partial charge in [-0.1, -0.05) is 42.5 Å². The van der Waals surface area contributed by atoms with Crippen molar-refractivity contribution in [2.24, 2.45) is 5.10 Å². The Bertz CT molecular complexity index is 860. The largest absolute Gasteiger partial charge is 0.271 e. The van der Waals surface area contributed by atoms with Crippen LogP contribution < -0.4 is 5.43 Å². The standard InChI is InChI=1S/C17H16N6OS/c1-25-15-9-7-13(8-10-15)11-18-19-16(24)12-23-21-17(20-22-23)14-5-3-2-4-6-14/h2-11H,12H2,1H3,(H,19,24)/b18-11-. The summed E-state index contributed by atoms with van der Waals surface area (Å²) in [6.45, 7) is -0.0530. The van der Waals surface area contributed by atoms with E-state index in [1.54, 1.807) is 18.0 Å². The molecule has 0 aliphatic rings. The topological polar surface area (TPSA) is 85.1 Å². The monoisotopic (exact) mass is 352 g/mol. The van der Waals surface area contributed by atoms with Gasteiger partial charge in [0.1, 0.15) is 6.54 Å². The van der Waals surface area contributed by atoms with E-state index >= 15 is 0 Å². The van der Waals surface area contributed by atoms with E-state index in [-0.39, 0.29) is 12.5 Å². The Morgan fingerprint density at radius 1 is 1.20 bits per heavy atom. The third-order valence-corrected chi connectivity index (χ3v) is 4.03. The van der Waals surface area contributed by atoms with Crippen LogP contribution in [0.1, 0.15) is 5.56 Å². The third kappa shape index (κ3) is 4.74. The predicted octanol–water partition coefficient (Wildman–Crippen LogP) is 2.21. The number of hydrazone groups is 1. The second-order valence-corrected chi connectivity index (χ2v) is 5.96. The van der Waals surface area contributed by atoms with Crippen molar-refractivity contribution in [3.8, 4) is 11.4 Å². The van der Waals surface area contributed by atoms with E-state index in [1.807, 2.05) is 60.9 Å². The average Bonchev–Trinajstić information content (AvgIpc) is 3.11. The Hall–Kier alpha value is -3.00. The Balaban J connectivity index is 1.54. The van der Waals surface area contributed by atoms with Gasteiger partial charge in [0.05, 0.1) is 6.21 Å². The number of benzene rings is 2. The van der Waals surface area contributed by atoms with Crippen LogP contribution in [0.3, 0.4) is 0 Å². The highest BCUT2D eigenvalue weighted by molar-refractivity contribution is 7.98. The Labute approximate surface area is 149 Å². The van der Waals surface area contributed by atoms with E-state index in [0.717, 1.165) is 11.1 Å². The van der Waals surface area contributed by atoms with Crippen LogP contribution in [0, 0.1) is 0 Å². The molecule has 0 spiro atoms. The van der Waals surface area contributed by atoms with Crippen molar-refractivity contribution >= 4 is 23.9 Å². The van der Waals surface area contributed by atoms with Crippen molar-refractivity contribution in [1.29, 1.82) is 0 Å². The molecule has 0 radical (unpaired) electrons. The Morgan fingerprint density at radius 3 is 2.68 bits per heavy atom. The number of nitrogens with one attached hydrogen (secondary N) is 1. The molecule has 2 aromatic carbocycles. The molecule has 0 saturated heterocycles. The molecule has 25 heavy (non-hydrogen) atoms. The molecule has 0 aliphatic heterocycles. The van der Waals surface area contributed by atoms with Crippen LogP contribution >= 0.6 is 11.8 Å². The molecule has 1 amide bonds. The van der Waals surface area contributed by atoms with Gasteiger partial charge in [-0.05, 0) is 29.2 Å². The van der Waals surface area contributed by atoms with Gasteiger partial charge in [0.2, 0.25) is 5.82 Å². The molecule has 3 rings (SSSR count). The van der Waals surface area contributed by atoms with Crippen molar-refractivity contribution in [2.45, 2.75) is 11.4 Å². The molecule has 0 unspecified atom stereocenters. The van der Waals surface area contributed by atoms with Gasteiger partial charge >= 0.3 is 0 Å². The van der Waals surface area contributed by atoms with E-state index < -0.39 is 0 Å². The highest BCUT2D eigenvalue weighted by Gasteiger charge is 2.08. The maximum atomic E-state index is 11.9. The highest BCUT2D eigenvalue weighted by atomic mass is 32.2. The first kappa shape index (κ1) is 16.8. The molecular formula is C17H16N6OS. The quantitative estimate of drug-likeness (QED) is 0.418. The number of aromatic nitrogens is 4. The number of thioether (sulfide) groups is 1. The molecule has 0 aliphatic carbocycles. The lowest BCUT2D eigenvalue weighted by Gasteiger charge is -1.99. The van der Waals surface area contributed by atoms with Crippen molar-refractivity contribution in [1.82, 2.24) is 25.6 Å². The Kier molecular flexibility index (Phi) is 5.53. The molecule has 0 saturated carbocycles. The lowest BCUT2D eigenvalue weighted by Crippen LogP contribution is -2.24. The van der Waals surface area contributed by atoms with Gasteiger partial charge in [0.15, 0.2) is 0 Å². The van der Waals surface area contributed by atoms with E-state index in [2.05, 4.69) is 25.9 Å². The van der Waals surface area contributed by atoms with Crippen molar-refractivity contribution in [2.75, 3.05) is 6.26 Å². The third-order valence-electron chi connectivity index (χ3n) is 3.29. The number of tetrazole rings is 1. The molecule has 1 heterocycles. The second kappa shape index (κ2) is 8.20. The number of rotatable bonds is 6. The molecular weight excluding hydrogens is 336 g/mol. The summed E-state index contributed by atoms with van der Waals surface area (Å²) in [4.78, 5) is 14.3. The van der Waals surface area contributed by atoms with Crippen LogP contribution in [0.2, 0.25) is 0 Å². The van der Waals surface area contributed by atoms with Gasteiger partial charge in [-0.2, -0.15) is 9.90 Å². The maximum Gasteiger partial charge on any atom is 0.263 e. The van der Waals surface area contributed by atoms with E-state index in [0.29, 0.717) is 5.82 Å². The number of nitrogens with zero attached hydrogens (tertiary/aromatic N) is 5. The minimum Gasteiger partial charge on any atom is -0.271 e. The fourth-order valence-electron chi connectivity index (χ4n) is 2.05. The van der Waals surface area contributed by atoms with E-state index in [9.17, 15) is 4.79 Å². The summed E-state index contributed by atoms with van der Waals surface area (Å²) in [7, 11) is 0. The van der Waals surface area contributed by atoms with Gasteiger partial charge in [0.25, 0.3) is 5.91 Å². The van der Waals surface area contributed by atoms with Crippen LogP contribution in [-0.2, 0) is 11.3 Å². The SMILES string of the molecule is CSc1ccc(/C=N\NC(=O)Cn2nnc(-c3ccccc3)n2)cc1. The molecule has 0 atom stereocenters. The summed E-state index contributed by atoms with van der Waals surface area (Å²) in [5, 5.41) is 15.9. The van der Waals surface area contributed by atoms with Crippen LogP contribution in [-0.4, -0.2) is 38.6 Å². The molecule has 1 aromatic heterocycles. The molecule has 0 fully saturated rings. The van der Waals surface area contributed by atoms with Crippen molar-refractivity contribution in [3.63, 3.8) is 0 Å². The van der Waals surface area contributed by atoms with Crippen molar-refractivity contribution < 1.29 is 4.79 Å². The van der Waals surface area contributed by atoms with Gasteiger partial charge in [-0.15, -0.1) is 22.0 Å². The fraction of sp³-hybridized carbons (Fsp3) is 0.118. The minimum absolute atomic E-state index is 0.0530. The molecule has 7 nitrogen and oxygen atoms in total. The molecule has 0 bridgehead atoms. The van der Waals surface area contributed by atoms with E-state index in [1.165, 1.54) is 9.69 Å². The summed E-state index contributed by atoms with van der Waals surface area (Å²) in [5.41, 5.74) is 4.21. The second-order valence-electron chi connectivity index (χ2n) is 5.08. The van der Waals surface area contributed by atoms with Gasteiger partial charge < -0.3 is 0 Å². The average molecular weight is 352 g/mol. The van der Waals surface area contributed by atoms with Gasteiger partial charge in [-0.3, -0.25) is 4.79 Å². The number of carbonyl (C=O) groups excluding carboxylic acids is 1. The van der Waals surface area contributed by atoms with Gasteiger partial charge in [0, 0.05) is 10.5 Å². The van der Waals surface area contributed by atoms with Gasteiger partial charge in [-0.25, -0.2) is 5.43 Å². The summed E-state index contributed by atoms with van der Waals surface area (Å²) in [5.74, 6) is 0.153. The minimum atomic E-state index is -0.325. The first-order chi connectivity index (χ1) is 12.2. The number of amides is 1. The zero-order valence-electron chi connectivity index (χ0n) is 13.5. The number of carbonyl (C=O) groups is 1. The summed E-state index contributed by atoms with van der Waals surface area (Å²) in [6.07, 6.45) is 3.61. The predicted molar refractivity (Wildman–Crippen MR) is 97.2 cm³/mol. The molecule has 126 valence electrons. The zero-order valence-corrected chi connectivity index (χ0v) is 14.3. The van der Waals surface area contributed by atoms with Crippen LogP contribution in [0.25, 0.3) is 11.4 Å². The van der Waals surface area contributed by atoms with Crippen LogP contribution in [0.5, 0.6) is 0 Å². The molecule has 3 aromatic rings. The van der Waals surface area contributed by atoms with Crippen LogP contribution in [0.4, 0.5) is 0 Å². The summed E-state index contributed by atoms with van der Waals surface area (Å²) >= 11 is 1.67. The van der Waals surface area contributed by atoms with Crippen LogP contribution in [0.15, 0.2) is 64.6 Å². The lowest BCUT2D eigenvalue weighted by molar-refractivity contribution is -0.122. The van der Waals surface area contributed by atoms with E-state index in [4.69, 9.17) is 0 Å². The molecule has 8 heteroatoms. The first-order valence-corrected chi connectivity index (χ1v) is 8.76. The maximum absolute atomic E-state index is 11.9. The van der Waals surface area contributed by atoms with Crippen molar-refractivity contribution in [3.05, 3.63) is 60.2 Å². The Morgan fingerprint density at radius 2 is 1.96 bits per heavy atom. The summed E-state index contributed by atoms with van der Waals surface area (Å²) < 4.78 is 0. The normalized spacial score (nSPS) is 10.9. The highest BCUT2D eigenvalue weighted by Crippen LogP contribution is 2.14.